The van der Waals surface area contributed by atoms with Gasteiger partial charge in [0.25, 0.3) is 0 Å². The van der Waals surface area contributed by atoms with Gasteiger partial charge < -0.3 is 5.32 Å². The van der Waals surface area contributed by atoms with Gasteiger partial charge in [-0.05, 0) is 49.0 Å². The van der Waals surface area contributed by atoms with Gasteiger partial charge in [-0.25, -0.2) is 0 Å². The van der Waals surface area contributed by atoms with Gasteiger partial charge in [0, 0.05) is 12.6 Å². The van der Waals surface area contributed by atoms with Crippen LogP contribution in [0.3, 0.4) is 0 Å². The molecule has 2 fully saturated rings. The van der Waals surface area contributed by atoms with E-state index in [9.17, 15) is 0 Å². The summed E-state index contributed by atoms with van der Waals surface area (Å²) in [4.78, 5) is 0. The summed E-state index contributed by atoms with van der Waals surface area (Å²) in [5.74, 6) is 2.76. The Labute approximate surface area is 117 Å². The first kappa shape index (κ1) is 13.2. The lowest BCUT2D eigenvalue weighted by atomic mass is 9.82. The second-order valence-electron chi connectivity index (χ2n) is 6.68. The highest BCUT2D eigenvalue weighted by atomic mass is 14.9. The Morgan fingerprint density at radius 3 is 2.58 bits per heavy atom. The Kier molecular flexibility index (Phi) is 4.22. The first-order valence-corrected chi connectivity index (χ1v) is 8.11. The van der Waals surface area contributed by atoms with Crippen molar-refractivity contribution in [3.05, 3.63) is 35.9 Å². The fourth-order valence-electron chi connectivity index (χ4n) is 3.65. The van der Waals surface area contributed by atoms with E-state index in [-0.39, 0.29) is 0 Å². The number of nitrogens with one attached hydrogen (secondary N) is 1. The quantitative estimate of drug-likeness (QED) is 0.827. The summed E-state index contributed by atoms with van der Waals surface area (Å²) in [7, 11) is 0. The van der Waals surface area contributed by atoms with Crippen molar-refractivity contribution in [3.8, 4) is 0 Å². The van der Waals surface area contributed by atoms with Crippen LogP contribution in [0.25, 0.3) is 0 Å². The van der Waals surface area contributed by atoms with E-state index in [2.05, 4.69) is 42.6 Å². The van der Waals surface area contributed by atoms with Crippen LogP contribution >= 0.6 is 0 Å². The second-order valence-corrected chi connectivity index (χ2v) is 6.68. The molecule has 0 heterocycles. The largest absolute Gasteiger partial charge is 0.313 e. The van der Waals surface area contributed by atoms with Gasteiger partial charge in [0.2, 0.25) is 0 Å². The standard InChI is InChI=1S/C18H27N/c1-14(15-6-3-2-4-7-15)13-19-18-9-5-8-17(12-18)16-10-11-16/h2-4,6-7,14,16-19H,5,8-13H2,1H3. The van der Waals surface area contributed by atoms with Crippen LogP contribution < -0.4 is 5.32 Å². The summed E-state index contributed by atoms with van der Waals surface area (Å²) >= 11 is 0. The minimum atomic E-state index is 0.627. The Balaban J connectivity index is 1.46. The maximum Gasteiger partial charge on any atom is 0.00700 e. The topological polar surface area (TPSA) is 12.0 Å². The van der Waals surface area contributed by atoms with Crippen LogP contribution in [0.4, 0.5) is 0 Å². The third kappa shape index (κ3) is 3.60. The highest BCUT2D eigenvalue weighted by molar-refractivity contribution is 5.19. The Bertz CT molecular complexity index is 382. The molecule has 3 unspecified atom stereocenters. The molecule has 1 N–H and O–H groups in total. The third-order valence-electron chi connectivity index (χ3n) is 5.08. The van der Waals surface area contributed by atoms with Gasteiger partial charge in [-0.3, -0.25) is 0 Å². The number of benzene rings is 1. The molecule has 1 aromatic rings. The van der Waals surface area contributed by atoms with E-state index in [4.69, 9.17) is 0 Å². The maximum atomic E-state index is 3.83. The Morgan fingerprint density at radius 1 is 1.05 bits per heavy atom. The second kappa shape index (κ2) is 6.09. The summed E-state index contributed by atoms with van der Waals surface area (Å²) in [6.07, 6.45) is 8.79. The van der Waals surface area contributed by atoms with Crippen molar-refractivity contribution in [2.24, 2.45) is 11.8 Å². The molecule has 0 saturated heterocycles. The molecule has 1 nitrogen and oxygen atoms in total. The lowest BCUT2D eigenvalue weighted by molar-refractivity contribution is 0.259. The summed E-state index contributed by atoms with van der Waals surface area (Å²) in [6, 6.07) is 11.7. The molecule has 1 heteroatoms. The van der Waals surface area contributed by atoms with E-state index in [1.807, 2.05) is 0 Å². The normalized spacial score (nSPS) is 29.1. The first-order chi connectivity index (χ1) is 9.33. The monoisotopic (exact) mass is 257 g/mol. The smallest absolute Gasteiger partial charge is 0.00700 e. The van der Waals surface area contributed by atoms with Crippen LogP contribution in [-0.4, -0.2) is 12.6 Å². The summed E-state index contributed by atoms with van der Waals surface area (Å²) in [5.41, 5.74) is 1.46. The maximum absolute atomic E-state index is 3.83. The molecule has 3 atom stereocenters. The van der Waals surface area contributed by atoms with Crippen molar-refractivity contribution in [2.45, 2.75) is 57.4 Å². The Hall–Kier alpha value is -0.820. The molecule has 0 aliphatic heterocycles. The summed E-state index contributed by atoms with van der Waals surface area (Å²) < 4.78 is 0. The molecule has 0 bridgehead atoms. The van der Waals surface area contributed by atoms with E-state index in [1.54, 1.807) is 0 Å². The fourth-order valence-corrected chi connectivity index (χ4v) is 3.65. The molecule has 1 aromatic carbocycles. The summed E-state index contributed by atoms with van der Waals surface area (Å²) in [5, 5.41) is 3.83. The van der Waals surface area contributed by atoms with Crippen molar-refractivity contribution in [2.75, 3.05) is 6.54 Å². The highest BCUT2D eigenvalue weighted by Crippen LogP contribution is 2.43. The molecule has 104 valence electrons. The summed E-state index contributed by atoms with van der Waals surface area (Å²) in [6.45, 7) is 3.47. The molecular formula is C18H27N. The zero-order chi connectivity index (χ0) is 13.1. The van der Waals surface area contributed by atoms with Gasteiger partial charge in [0.05, 0.1) is 0 Å². The average molecular weight is 257 g/mol. The van der Waals surface area contributed by atoms with Gasteiger partial charge in [0.1, 0.15) is 0 Å². The van der Waals surface area contributed by atoms with Crippen LogP contribution in [-0.2, 0) is 0 Å². The SMILES string of the molecule is CC(CNC1CCCC(C2CC2)C1)c1ccccc1. The van der Waals surface area contributed by atoms with E-state index >= 15 is 0 Å². The predicted molar refractivity (Wildman–Crippen MR) is 81.3 cm³/mol. The molecule has 2 aliphatic carbocycles. The molecule has 0 amide bonds. The molecule has 0 radical (unpaired) electrons. The fraction of sp³-hybridized carbons (Fsp3) is 0.667. The molecule has 2 aliphatic rings. The predicted octanol–water partition coefficient (Wildman–Crippen LogP) is 4.35. The van der Waals surface area contributed by atoms with Crippen LogP contribution in [0.1, 0.15) is 56.9 Å². The zero-order valence-electron chi connectivity index (χ0n) is 12.1. The minimum Gasteiger partial charge on any atom is -0.313 e. The van der Waals surface area contributed by atoms with Gasteiger partial charge in [-0.15, -0.1) is 0 Å². The number of hydrogen-bond acceptors (Lipinski definition) is 1. The third-order valence-corrected chi connectivity index (χ3v) is 5.08. The van der Waals surface area contributed by atoms with Crippen molar-refractivity contribution < 1.29 is 0 Å². The van der Waals surface area contributed by atoms with Crippen molar-refractivity contribution >= 4 is 0 Å². The first-order valence-electron chi connectivity index (χ1n) is 8.11. The average Bonchev–Trinajstić information content (AvgIpc) is 3.31. The zero-order valence-corrected chi connectivity index (χ0v) is 12.1. The van der Waals surface area contributed by atoms with Gasteiger partial charge in [-0.2, -0.15) is 0 Å². The van der Waals surface area contributed by atoms with E-state index < -0.39 is 0 Å². The van der Waals surface area contributed by atoms with Gasteiger partial charge in [-0.1, -0.05) is 50.1 Å². The van der Waals surface area contributed by atoms with E-state index in [0.29, 0.717) is 5.92 Å². The van der Waals surface area contributed by atoms with Crippen LogP contribution in [0.5, 0.6) is 0 Å². The van der Waals surface area contributed by atoms with Gasteiger partial charge >= 0.3 is 0 Å². The van der Waals surface area contributed by atoms with Crippen LogP contribution in [0.2, 0.25) is 0 Å². The van der Waals surface area contributed by atoms with Crippen molar-refractivity contribution in [1.29, 1.82) is 0 Å². The molecular weight excluding hydrogens is 230 g/mol. The highest BCUT2D eigenvalue weighted by Gasteiger charge is 2.34. The van der Waals surface area contributed by atoms with E-state index in [0.717, 1.165) is 24.4 Å². The van der Waals surface area contributed by atoms with Gasteiger partial charge in [0.15, 0.2) is 0 Å². The lowest BCUT2D eigenvalue weighted by Crippen LogP contribution is -2.36. The van der Waals surface area contributed by atoms with Crippen LogP contribution in [0.15, 0.2) is 30.3 Å². The minimum absolute atomic E-state index is 0.627. The molecule has 0 aromatic heterocycles. The number of rotatable bonds is 5. The van der Waals surface area contributed by atoms with E-state index in [1.165, 1.54) is 44.1 Å². The van der Waals surface area contributed by atoms with Crippen LogP contribution in [0, 0.1) is 11.8 Å². The molecule has 2 saturated carbocycles. The Morgan fingerprint density at radius 2 is 1.84 bits per heavy atom. The lowest BCUT2D eigenvalue weighted by Gasteiger charge is -2.31. The molecule has 3 rings (SSSR count). The molecule has 19 heavy (non-hydrogen) atoms. The van der Waals surface area contributed by atoms with Crippen molar-refractivity contribution in [1.82, 2.24) is 5.32 Å². The number of hydrogen-bond donors (Lipinski definition) is 1. The molecule has 0 spiro atoms. The van der Waals surface area contributed by atoms with Crippen molar-refractivity contribution in [3.63, 3.8) is 0 Å².